The molecule has 0 bridgehead atoms. The molecule has 29 heavy (non-hydrogen) atoms. The molecule has 0 radical (unpaired) electrons. The number of aliphatic imine (C=N–C) groups is 1. The van der Waals surface area contributed by atoms with E-state index in [1.165, 1.54) is 11.4 Å². The zero-order chi connectivity index (χ0) is 22.2. The number of hydroxylamine groups is 1. The van der Waals surface area contributed by atoms with Gasteiger partial charge in [-0.2, -0.15) is 4.98 Å². The molecule has 0 spiro atoms. The zero-order valence-electron chi connectivity index (χ0n) is 18.9. The molecule has 162 valence electrons. The Kier molecular flexibility index (Phi) is 13.7. The number of nitrogens with one attached hydrogen (secondary N) is 2. The number of hydrogen-bond acceptors (Lipinski definition) is 7. The van der Waals surface area contributed by atoms with E-state index in [2.05, 4.69) is 44.9 Å². The molecule has 0 aliphatic carbocycles. The van der Waals surface area contributed by atoms with Gasteiger partial charge in [0.1, 0.15) is 5.84 Å². The quantitative estimate of drug-likeness (QED) is 0.195. The first-order valence-electron chi connectivity index (χ1n) is 9.81. The molecular formula is C20H35N7O2. The van der Waals surface area contributed by atoms with Crippen molar-refractivity contribution < 1.29 is 4.84 Å². The fraction of sp³-hybridized carbons (Fsp3) is 0.550. The molecule has 0 fully saturated rings. The van der Waals surface area contributed by atoms with Gasteiger partial charge in [-0.05, 0) is 46.3 Å². The highest BCUT2D eigenvalue weighted by atomic mass is 16.6. The van der Waals surface area contributed by atoms with Gasteiger partial charge in [-0.15, -0.1) is 4.91 Å². The summed E-state index contributed by atoms with van der Waals surface area (Å²) < 4.78 is 0. The molecule has 0 saturated carbocycles. The van der Waals surface area contributed by atoms with Crippen LogP contribution in [0.4, 0.5) is 11.8 Å². The molecule has 0 aromatic carbocycles. The number of aryl methyl sites for hydroxylation is 1. The summed E-state index contributed by atoms with van der Waals surface area (Å²) in [4.78, 5) is 28.8. The van der Waals surface area contributed by atoms with Gasteiger partial charge in [0.05, 0.1) is 11.9 Å². The van der Waals surface area contributed by atoms with Crippen molar-refractivity contribution in [3.05, 3.63) is 40.2 Å². The van der Waals surface area contributed by atoms with Crippen LogP contribution in [0.3, 0.4) is 0 Å². The highest BCUT2D eigenvalue weighted by Gasteiger charge is 2.04. The monoisotopic (exact) mass is 405 g/mol. The van der Waals surface area contributed by atoms with Crippen LogP contribution in [0, 0.1) is 11.8 Å². The van der Waals surface area contributed by atoms with E-state index in [1.54, 1.807) is 20.0 Å². The van der Waals surface area contributed by atoms with Crippen LogP contribution < -0.4 is 10.8 Å². The second-order valence-electron chi connectivity index (χ2n) is 6.22. The molecule has 0 atom stereocenters. The van der Waals surface area contributed by atoms with E-state index in [0.29, 0.717) is 30.6 Å². The Morgan fingerprint density at radius 1 is 1.21 bits per heavy atom. The zero-order valence-corrected chi connectivity index (χ0v) is 18.9. The minimum Gasteiger partial charge on any atom is -0.328 e. The Labute approximate surface area is 174 Å². The number of allylic oxidation sites excluding steroid dienone is 4. The Hall–Kier alpha value is -2.81. The molecule has 0 aliphatic heterocycles. The number of nitrogens with zero attached hydrogens (tertiary/aromatic N) is 5. The summed E-state index contributed by atoms with van der Waals surface area (Å²) >= 11 is 0. The van der Waals surface area contributed by atoms with E-state index >= 15 is 0 Å². The Balaban J connectivity index is 0.00000245. The molecule has 1 aromatic heterocycles. The summed E-state index contributed by atoms with van der Waals surface area (Å²) in [6.45, 7) is 14.2. The minimum absolute atomic E-state index is 0.440. The first-order chi connectivity index (χ1) is 13.8. The van der Waals surface area contributed by atoms with Crippen LogP contribution in [-0.2, 0) is 4.84 Å². The normalized spacial score (nSPS) is 12.1. The maximum Gasteiger partial charge on any atom is 0.229 e. The lowest BCUT2D eigenvalue weighted by Gasteiger charge is -2.11. The average molecular weight is 406 g/mol. The fourth-order valence-electron chi connectivity index (χ4n) is 1.98. The maximum absolute atomic E-state index is 10.6. The summed E-state index contributed by atoms with van der Waals surface area (Å²) in [6, 6.07) is 1.78. The maximum atomic E-state index is 10.6. The number of nitroso groups, excluding NO2 is 1. The number of aromatic nitrogens is 2. The summed E-state index contributed by atoms with van der Waals surface area (Å²) in [5.74, 6) is 1.56. The van der Waals surface area contributed by atoms with Gasteiger partial charge in [-0.25, -0.2) is 15.0 Å². The van der Waals surface area contributed by atoms with Crippen molar-refractivity contribution in [3.63, 3.8) is 0 Å². The standard InChI is InChI=1S/C17H27N7O2.C3H8/c1-7-15(24(6)23-25)10-9-12(3)18-17-19-13(4)11-16(21-17)20-14(5)22-26-8-2;1-3-2/h9-11H,7-8H2,1-6H3,(H2,18,19,20,21,22);3H2,1-2H3/b12-9+,15-10+;. The van der Waals surface area contributed by atoms with Crippen LogP contribution >= 0.6 is 0 Å². The Morgan fingerprint density at radius 2 is 1.86 bits per heavy atom. The van der Waals surface area contributed by atoms with Gasteiger partial charge in [-0.1, -0.05) is 27.2 Å². The molecule has 9 nitrogen and oxygen atoms in total. The van der Waals surface area contributed by atoms with Crippen molar-refractivity contribution in [3.8, 4) is 0 Å². The van der Waals surface area contributed by atoms with E-state index in [4.69, 9.17) is 4.84 Å². The average Bonchev–Trinajstić information content (AvgIpc) is 2.66. The lowest BCUT2D eigenvalue weighted by Crippen LogP contribution is -2.20. The minimum atomic E-state index is 0.440. The Morgan fingerprint density at radius 3 is 2.41 bits per heavy atom. The lowest BCUT2D eigenvalue weighted by atomic mass is 10.3. The topological polar surface area (TPSA) is 104 Å². The highest BCUT2D eigenvalue weighted by Crippen LogP contribution is 2.15. The molecule has 0 unspecified atom stereocenters. The predicted octanol–water partition coefficient (Wildman–Crippen LogP) is 5.02. The second-order valence-corrected chi connectivity index (χ2v) is 6.22. The van der Waals surface area contributed by atoms with E-state index in [1.807, 2.05) is 39.8 Å². The molecule has 2 N–H and O–H groups in total. The first-order valence-corrected chi connectivity index (χ1v) is 9.81. The van der Waals surface area contributed by atoms with Gasteiger partial charge < -0.3 is 5.32 Å². The summed E-state index contributed by atoms with van der Waals surface area (Å²) in [5, 5.41) is 7.32. The molecule has 9 heteroatoms. The Bertz CT molecular complexity index is 715. The van der Waals surface area contributed by atoms with E-state index in [9.17, 15) is 4.91 Å². The van der Waals surface area contributed by atoms with Crippen LogP contribution in [0.1, 0.15) is 60.1 Å². The van der Waals surface area contributed by atoms with Crippen molar-refractivity contribution in [2.45, 2.75) is 61.3 Å². The van der Waals surface area contributed by atoms with Gasteiger partial charge >= 0.3 is 0 Å². The van der Waals surface area contributed by atoms with E-state index in [0.717, 1.165) is 17.1 Å². The van der Waals surface area contributed by atoms with Crippen molar-refractivity contribution in [2.24, 2.45) is 10.3 Å². The molecule has 0 saturated heterocycles. The number of amidine groups is 1. The number of anilines is 1. The number of hydrogen-bond donors (Lipinski definition) is 2. The first kappa shape index (κ1) is 26.2. The van der Waals surface area contributed by atoms with Gasteiger partial charge in [-0.3, -0.25) is 10.3 Å². The fourth-order valence-corrected chi connectivity index (χ4v) is 1.98. The molecule has 1 heterocycles. The van der Waals surface area contributed by atoms with Crippen LogP contribution in [0.15, 0.2) is 39.9 Å². The van der Waals surface area contributed by atoms with E-state index in [-0.39, 0.29) is 0 Å². The van der Waals surface area contributed by atoms with Crippen LogP contribution in [0.2, 0.25) is 0 Å². The smallest absolute Gasteiger partial charge is 0.229 e. The predicted molar refractivity (Wildman–Crippen MR) is 120 cm³/mol. The molecule has 1 rings (SSSR count). The van der Waals surface area contributed by atoms with Crippen molar-refractivity contribution in [1.29, 1.82) is 0 Å². The highest BCUT2D eigenvalue weighted by molar-refractivity contribution is 5.80. The van der Waals surface area contributed by atoms with Crippen LogP contribution in [0.5, 0.6) is 0 Å². The van der Waals surface area contributed by atoms with Crippen molar-refractivity contribution in [2.75, 3.05) is 19.0 Å². The molecule has 1 aromatic rings. The van der Waals surface area contributed by atoms with Gasteiger partial charge in [0.2, 0.25) is 5.95 Å². The third-order valence-electron chi connectivity index (χ3n) is 3.22. The summed E-state index contributed by atoms with van der Waals surface area (Å²) in [7, 11) is 1.62. The van der Waals surface area contributed by atoms with Gasteiger partial charge in [0.25, 0.3) is 0 Å². The summed E-state index contributed by atoms with van der Waals surface area (Å²) in [6.07, 6.45) is 5.61. The third-order valence-corrected chi connectivity index (χ3v) is 3.22. The van der Waals surface area contributed by atoms with Gasteiger partial charge in [0.15, 0.2) is 5.82 Å². The lowest BCUT2D eigenvalue weighted by molar-refractivity contribution is 0.0965. The SMILES string of the molecule is CCC.CCONC(C)=Nc1cc(C)nc(N/C(C)=C/C=C(\CC)N(C)N=O)n1. The molecule has 0 aliphatic rings. The molecular weight excluding hydrogens is 370 g/mol. The van der Waals surface area contributed by atoms with Crippen molar-refractivity contribution >= 4 is 17.6 Å². The summed E-state index contributed by atoms with van der Waals surface area (Å²) in [5.41, 5.74) is 5.13. The third kappa shape index (κ3) is 11.6. The second kappa shape index (κ2) is 15.2. The van der Waals surface area contributed by atoms with Crippen LogP contribution in [-0.4, -0.2) is 34.5 Å². The van der Waals surface area contributed by atoms with Gasteiger partial charge in [0, 0.05) is 30.2 Å². The largest absolute Gasteiger partial charge is 0.328 e. The van der Waals surface area contributed by atoms with Crippen LogP contribution in [0.25, 0.3) is 0 Å². The molecule has 0 amide bonds. The van der Waals surface area contributed by atoms with E-state index < -0.39 is 0 Å². The van der Waals surface area contributed by atoms with Crippen molar-refractivity contribution in [1.82, 2.24) is 20.5 Å². The number of rotatable bonds is 9.